The van der Waals surface area contributed by atoms with Crippen molar-refractivity contribution in [2.45, 2.75) is 0 Å². The quantitative estimate of drug-likeness (QED) is 0.471. The van der Waals surface area contributed by atoms with E-state index in [1.54, 1.807) is 0 Å². The first-order chi connectivity index (χ1) is 6.22. The Hall–Kier alpha value is -1.92. The van der Waals surface area contributed by atoms with Crippen molar-refractivity contribution in [3.8, 4) is 0 Å². The molecule has 0 aromatic rings. The van der Waals surface area contributed by atoms with Gasteiger partial charge in [-0.15, -0.1) is 10.2 Å². The minimum Gasteiger partial charge on any atom is -0.482 e. The Balaban J connectivity index is 2.36. The first-order valence-corrected chi connectivity index (χ1v) is 3.57. The van der Waals surface area contributed by atoms with E-state index in [9.17, 15) is 4.79 Å². The predicted molar refractivity (Wildman–Crippen MR) is 45.1 cm³/mol. The van der Waals surface area contributed by atoms with Gasteiger partial charge in [-0.3, -0.25) is 10.1 Å². The van der Waals surface area contributed by atoms with Gasteiger partial charge < -0.3 is 10.5 Å². The predicted octanol–water partition coefficient (Wildman–Crippen LogP) is -1.58. The average Bonchev–Trinajstić information content (AvgIpc) is 2.47. The lowest BCUT2D eigenvalue weighted by Crippen LogP contribution is -2.49. The number of nitrogens with zero attached hydrogens (tertiary/aromatic N) is 3. The lowest BCUT2D eigenvalue weighted by atomic mass is 10.1. The minimum absolute atomic E-state index is 0.0348. The number of carbonyl (C=O) groups is 1. The second kappa shape index (κ2) is 2.54. The van der Waals surface area contributed by atoms with Gasteiger partial charge in [-0.05, 0) is 0 Å². The highest BCUT2D eigenvalue weighted by Gasteiger charge is 2.38. The van der Waals surface area contributed by atoms with Crippen LogP contribution in [-0.2, 0) is 9.53 Å². The van der Waals surface area contributed by atoms with Crippen molar-refractivity contribution in [1.82, 2.24) is 5.32 Å². The third-order valence-corrected chi connectivity index (χ3v) is 1.71. The molecule has 0 fully saturated rings. The molecule has 13 heavy (non-hydrogen) atoms. The maximum absolute atomic E-state index is 11.3. The van der Waals surface area contributed by atoms with Gasteiger partial charge in [0.15, 0.2) is 11.8 Å². The Morgan fingerprint density at radius 3 is 3.00 bits per heavy atom. The smallest absolute Gasteiger partial charge is 0.247 e. The number of guanidine groups is 1. The van der Waals surface area contributed by atoms with E-state index in [0.29, 0.717) is 0 Å². The molecule has 0 saturated heterocycles. The van der Waals surface area contributed by atoms with E-state index in [2.05, 4.69) is 20.5 Å². The normalized spacial score (nSPS) is 25.5. The van der Waals surface area contributed by atoms with Crippen molar-refractivity contribution in [2.24, 2.45) is 26.8 Å². The Kier molecular flexibility index (Phi) is 1.51. The molecule has 68 valence electrons. The van der Waals surface area contributed by atoms with Crippen molar-refractivity contribution in [3.63, 3.8) is 0 Å². The van der Waals surface area contributed by atoms with Crippen molar-refractivity contribution >= 4 is 23.6 Å². The van der Waals surface area contributed by atoms with Crippen molar-refractivity contribution in [3.05, 3.63) is 0 Å². The number of aliphatic imine (C=N–C) groups is 1. The summed E-state index contributed by atoms with van der Waals surface area (Å²) < 4.78 is 4.85. The lowest BCUT2D eigenvalue weighted by Gasteiger charge is -2.16. The molecule has 2 heterocycles. The summed E-state index contributed by atoms with van der Waals surface area (Å²) in [5.41, 5.74) is 5.31. The van der Waals surface area contributed by atoms with E-state index in [1.807, 2.05) is 0 Å². The van der Waals surface area contributed by atoms with Crippen LogP contribution in [0.4, 0.5) is 0 Å². The third kappa shape index (κ3) is 1.05. The Morgan fingerprint density at radius 1 is 1.54 bits per heavy atom. The van der Waals surface area contributed by atoms with Gasteiger partial charge in [-0.25, -0.2) is 0 Å². The first-order valence-electron chi connectivity index (χ1n) is 3.57. The zero-order valence-electron chi connectivity index (χ0n) is 6.81. The van der Waals surface area contributed by atoms with Crippen molar-refractivity contribution < 1.29 is 9.53 Å². The molecule has 2 aliphatic rings. The van der Waals surface area contributed by atoms with Crippen molar-refractivity contribution in [1.29, 1.82) is 0 Å². The molecule has 0 spiro atoms. The monoisotopic (exact) mass is 181 g/mol. The van der Waals surface area contributed by atoms with Gasteiger partial charge in [0.2, 0.25) is 17.8 Å². The van der Waals surface area contributed by atoms with Crippen LogP contribution in [0, 0.1) is 5.92 Å². The van der Waals surface area contributed by atoms with Crippen LogP contribution in [0.2, 0.25) is 0 Å². The maximum atomic E-state index is 11.3. The minimum atomic E-state index is -0.641. The summed E-state index contributed by atoms with van der Waals surface area (Å²) >= 11 is 0. The molecular weight excluding hydrogens is 174 g/mol. The number of carbonyl (C=O) groups excluding carboxylic acids is 1. The second-order valence-electron chi connectivity index (χ2n) is 2.52. The molecule has 0 aromatic heterocycles. The van der Waals surface area contributed by atoms with Crippen LogP contribution in [0.5, 0.6) is 0 Å². The summed E-state index contributed by atoms with van der Waals surface area (Å²) in [4.78, 5) is 15.2. The van der Waals surface area contributed by atoms with E-state index in [4.69, 9.17) is 10.5 Å². The molecule has 7 nitrogen and oxygen atoms in total. The van der Waals surface area contributed by atoms with Gasteiger partial charge in [-0.2, -0.15) is 4.99 Å². The highest BCUT2D eigenvalue weighted by atomic mass is 16.5. The largest absolute Gasteiger partial charge is 0.482 e. The van der Waals surface area contributed by atoms with Crippen LogP contribution in [-0.4, -0.2) is 30.7 Å². The van der Waals surface area contributed by atoms with Gasteiger partial charge in [0.05, 0.1) is 7.11 Å². The standard InChI is InChI=1S/C6H7N5O2/c1-13-5-2-3(10-11-5)8-6(7)9-4(2)12/h2H,1H3,(H3,7,8,9,10,12). The third-order valence-electron chi connectivity index (χ3n) is 1.71. The molecule has 0 radical (unpaired) electrons. The molecular formula is C6H7N5O2. The van der Waals surface area contributed by atoms with Gasteiger partial charge in [-0.1, -0.05) is 0 Å². The highest BCUT2D eigenvalue weighted by molar-refractivity contribution is 6.28. The average molecular weight is 181 g/mol. The van der Waals surface area contributed by atoms with Crippen LogP contribution < -0.4 is 11.1 Å². The lowest BCUT2D eigenvalue weighted by molar-refractivity contribution is -0.120. The fourth-order valence-electron chi connectivity index (χ4n) is 1.15. The van der Waals surface area contributed by atoms with Gasteiger partial charge >= 0.3 is 0 Å². The van der Waals surface area contributed by atoms with E-state index in [1.165, 1.54) is 7.11 Å². The Labute approximate surface area is 73.4 Å². The van der Waals surface area contributed by atoms with Gasteiger partial charge in [0.1, 0.15) is 0 Å². The van der Waals surface area contributed by atoms with E-state index in [0.717, 1.165) is 0 Å². The Bertz CT molecular complexity index is 356. The van der Waals surface area contributed by atoms with E-state index < -0.39 is 5.92 Å². The number of methoxy groups -OCH3 is 1. The number of amides is 1. The zero-order valence-corrected chi connectivity index (χ0v) is 6.81. The number of nitrogens with two attached hydrogens (primary N) is 1. The SMILES string of the molecule is COC1=NN=C2N=C(N)NC(=O)C21. The molecule has 0 bridgehead atoms. The number of fused-ring (bicyclic) bond motifs is 1. The maximum Gasteiger partial charge on any atom is 0.247 e. The molecule has 0 aromatic carbocycles. The van der Waals surface area contributed by atoms with Crippen LogP contribution in [0.15, 0.2) is 15.2 Å². The summed E-state index contributed by atoms with van der Waals surface area (Å²) in [6.07, 6.45) is 0. The van der Waals surface area contributed by atoms with Crippen LogP contribution in [0.1, 0.15) is 0 Å². The molecule has 7 heteroatoms. The summed E-state index contributed by atoms with van der Waals surface area (Å²) in [6, 6.07) is 0. The van der Waals surface area contributed by atoms with Gasteiger partial charge in [0, 0.05) is 0 Å². The zero-order chi connectivity index (χ0) is 9.42. The number of hydrogen-bond donors (Lipinski definition) is 2. The molecule has 3 N–H and O–H groups in total. The first kappa shape index (κ1) is 7.71. The van der Waals surface area contributed by atoms with Crippen LogP contribution in [0.3, 0.4) is 0 Å². The molecule has 1 atom stereocenters. The fourth-order valence-corrected chi connectivity index (χ4v) is 1.15. The molecule has 1 amide bonds. The molecule has 0 saturated carbocycles. The number of rotatable bonds is 0. The molecule has 2 rings (SSSR count). The highest BCUT2D eigenvalue weighted by Crippen LogP contribution is 2.15. The second-order valence-corrected chi connectivity index (χ2v) is 2.52. The topological polar surface area (TPSA) is 101 Å². The van der Waals surface area contributed by atoms with Gasteiger partial charge in [0.25, 0.3) is 0 Å². The summed E-state index contributed by atoms with van der Waals surface area (Å²) in [6.45, 7) is 0. The molecule has 0 aliphatic carbocycles. The van der Waals surface area contributed by atoms with Crippen LogP contribution >= 0.6 is 0 Å². The van der Waals surface area contributed by atoms with Crippen LogP contribution in [0.25, 0.3) is 0 Å². The summed E-state index contributed by atoms with van der Waals surface area (Å²) in [5.74, 6) is -0.406. The summed E-state index contributed by atoms with van der Waals surface area (Å²) in [5, 5.41) is 9.67. The summed E-state index contributed by atoms with van der Waals surface area (Å²) in [7, 11) is 1.42. The van der Waals surface area contributed by atoms with E-state index >= 15 is 0 Å². The molecule has 2 aliphatic heterocycles. The van der Waals surface area contributed by atoms with E-state index in [-0.39, 0.29) is 23.6 Å². The fraction of sp³-hybridized carbons (Fsp3) is 0.333. The number of amidine groups is 1. The van der Waals surface area contributed by atoms with Crippen molar-refractivity contribution in [2.75, 3.05) is 7.11 Å². The number of hydrogen-bond acceptors (Lipinski definition) is 6. The number of ether oxygens (including phenoxy) is 1. The Morgan fingerprint density at radius 2 is 2.31 bits per heavy atom. The molecule has 1 unspecified atom stereocenters. The number of nitrogens with one attached hydrogen (secondary N) is 1.